The number of fused-ring (bicyclic) bond motifs is 2. The van der Waals surface area contributed by atoms with E-state index in [0.29, 0.717) is 12.3 Å². The zero-order chi connectivity index (χ0) is 14.8. The first-order valence-corrected chi connectivity index (χ1v) is 7.77. The van der Waals surface area contributed by atoms with Gasteiger partial charge in [0.15, 0.2) is 5.60 Å². The molecule has 0 N–H and O–H groups in total. The molecule has 0 spiro atoms. The van der Waals surface area contributed by atoms with Gasteiger partial charge in [0, 0.05) is 18.5 Å². The number of piperidine rings is 1. The molecule has 2 bridgehead atoms. The first-order chi connectivity index (χ1) is 9.24. The fourth-order valence-electron chi connectivity index (χ4n) is 4.35. The van der Waals surface area contributed by atoms with E-state index in [0.717, 1.165) is 25.9 Å². The van der Waals surface area contributed by atoms with Gasteiger partial charge in [-0.05, 0) is 38.5 Å². The first kappa shape index (κ1) is 13.9. The van der Waals surface area contributed by atoms with Crippen molar-refractivity contribution in [1.82, 2.24) is 4.90 Å². The van der Waals surface area contributed by atoms with Crippen LogP contribution >= 0.6 is 0 Å². The number of hydrogen-bond acceptors (Lipinski definition) is 3. The van der Waals surface area contributed by atoms with E-state index in [1.807, 2.05) is 25.7 Å². The molecular formula is C16H25NO3. The van der Waals surface area contributed by atoms with Gasteiger partial charge in [0.05, 0.1) is 5.41 Å². The molecule has 1 aliphatic carbocycles. The minimum atomic E-state index is -0.921. The summed E-state index contributed by atoms with van der Waals surface area (Å²) in [4.78, 5) is 27.2. The maximum Gasteiger partial charge on any atom is 0.313 e. The molecule has 0 aromatic heterocycles. The predicted molar refractivity (Wildman–Crippen MR) is 74.9 cm³/mol. The second-order valence-electron chi connectivity index (χ2n) is 7.67. The SMILES string of the molecule is C[C@@H]1CCCN(C(=O)[C@@]23CC[C@](C)(C(=O)O2)C3(C)C)C1. The largest absolute Gasteiger partial charge is 0.448 e. The summed E-state index contributed by atoms with van der Waals surface area (Å²) in [6.07, 6.45) is 3.66. The fraction of sp³-hybridized carbons (Fsp3) is 0.875. The van der Waals surface area contributed by atoms with Gasteiger partial charge in [0.25, 0.3) is 5.91 Å². The van der Waals surface area contributed by atoms with Crippen LogP contribution in [-0.4, -0.2) is 35.5 Å². The maximum absolute atomic E-state index is 13.1. The number of carbonyl (C=O) groups excluding carboxylic acids is 2. The van der Waals surface area contributed by atoms with Crippen LogP contribution in [0, 0.1) is 16.7 Å². The van der Waals surface area contributed by atoms with E-state index in [1.165, 1.54) is 6.42 Å². The molecule has 3 aliphatic rings. The van der Waals surface area contributed by atoms with Crippen LogP contribution in [-0.2, 0) is 14.3 Å². The highest BCUT2D eigenvalue weighted by atomic mass is 16.6. The number of esters is 1. The fourth-order valence-corrected chi connectivity index (χ4v) is 4.35. The molecule has 0 aromatic rings. The Hall–Kier alpha value is -1.06. The molecule has 2 saturated heterocycles. The highest BCUT2D eigenvalue weighted by Crippen LogP contribution is 2.66. The zero-order valence-corrected chi connectivity index (χ0v) is 13.0. The second kappa shape index (κ2) is 3.99. The normalized spacial score (nSPS) is 42.7. The molecule has 112 valence electrons. The third kappa shape index (κ3) is 1.43. The number of likely N-dealkylation sites (tertiary alicyclic amines) is 1. The maximum atomic E-state index is 13.1. The van der Waals surface area contributed by atoms with Crippen molar-refractivity contribution in [2.24, 2.45) is 16.7 Å². The molecule has 20 heavy (non-hydrogen) atoms. The molecule has 1 amide bonds. The Balaban J connectivity index is 1.93. The summed E-state index contributed by atoms with van der Waals surface area (Å²) in [5.41, 5.74) is -1.85. The van der Waals surface area contributed by atoms with Crippen LogP contribution in [0.1, 0.15) is 53.4 Å². The van der Waals surface area contributed by atoms with Crippen molar-refractivity contribution >= 4 is 11.9 Å². The van der Waals surface area contributed by atoms with E-state index in [2.05, 4.69) is 6.92 Å². The third-order valence-corrected chi connectivity index (χ3v) is 6.37. The van der Waals surface area contributed by atoms with E-state index < -0.39 is 16.4 Å². The molecule has 4 heteroatoms. The van der Waals surface area contributed by atoms with Gasteiger partial charge in [-0.1, -0.05) is 20.8 Å². The molecular weight excluding hydrogens is 254 g/mol. The Morgan fingerprint density at radius 1 is 1.30 bits per heavy atom. The monoisotopic (exact) mass is 279 g/mol. The molecule has 2 aliphatic heterocycles. The summed E-state index contributed by atoms with van der Waals surface area (Å²) in [6, 6.07) is 0. The van der Waals surface area contributed by atoms with Crippen molar-refractivity contribution < 1.29 is 14.3 Å². The van der Waals surface area contributed by atoms with Gasteiger partial charge < -0.3 is 9.64 Å². The van der Waals surface area contributed by atoms with Crippen LogP contribution in [0.4, 0.5) is 0 Å². The topological polar surface area (TPSA) is 46.6 Å². The van der Waals surface area contributed by atoms with Gasteiger partial charge in [0.1, 0.15) is 0 Å². The molecule has 0 aromatic carbocycles. The van der Waals surface area contributed by atoms with Crippen LogP contribution in [0.2, 0.25) is 0 Å². The molecule has 4 nitrogen and oxygen atoms in total. The lowest BCUT2D eigenvalue weighted by molar-refractivity contribution is -0.175. The van der Waals surface area contributed by atoms with E-state index >= 15 is 0 Å². The van der Waals surface area contributed by atoms with Gasteiger partial charge in [-0.3, -0.25) is 9.59 Å². The Labute approximate surface area is 120 Å². The predicted octanol–water partition coefficient (Wildman–Crippen LogP) is 2.37. The van der Waals surface area contributed by atoms with Crippen LogP contribution in [0.5, 0.6) is 0 Å². The van der Waals surface area contributed by atoms with Crippen molar-refractivity contribution in [3.05, 3.63) is 0 Å². The third-order valence-electron chi connectivity index (χ3n) is 6.37. The van der Waals surface area contributed by atoms with Crippen molar-refractivity contribution in [2.75, 3.05) is 13.1 Å². The second-order valence-corrected chi connectivity index (χ2v) is 7.67. The number of rotatable bonds is 1. The average Bonchev–Trinajstić information content (AvgIpc) is 2.68. The van der Waals surface area contributed by atoms with Crippen molar-refractivity contribution in [2.45, 2.75) is 59.0 Å². The molecule has 1 saturated carbocycles. The van der Waals surface area contributed by atoms with Crippen molar-refractivity contribution in [3.8, 4) is 0 Å². The lowest BCUT2D eigenvalue weighted by atomic mass is 9.66. The Morgan fingerprint density at radius 3 is 2.50 bits per heavy atom. The lowest BCUT2D eigenvalue weighted by Crippen LogP contribution is -2.56. The van der Waals surface area contributed by atoms with Gasteiger partial charge >= 0.3 is 5.97 Å². The molecule has 3 atom stereocenters. The average molecular weight is 279 g/mol. The summed E-state index contributed by atoms with van der Waals surface area (Å²) in [7, 11) is 0. The summed E-state index contributed by atoms with van der Waals surface area (Å²) in [6.45, 7) is 9.78. The van der Waals surface area contributed by atoms with E-state index in [9.17, 15) is 9.59 Å². The minimum Gasteiger partial charge on any atom is -0.448 e. The van der Waals surface area contributed by atoms with Crippen molar-refractivity contribution in [1.29, 1.82) is 0 Å². The Kier molecular flexibility index (Phi) is 2.77. The van der Waals surface area contributed by atoms with Gasteiger partial charge in [0.2, 0.25) is 0 Å². The molecule has 0 radical (unpaired) electrons. The summed E-state index contributed by atoms with van der Waals surface area (Å²) in [5, 5.41) is 0. The smallest absolute Gasteiger partial charge is 0.313 e. The molecule has 0 unspecified atom stereocenters. The lowest BCUT2D eigenvalue weighted by Gasteiger charge is -2.41. The van der Waals surface area contributed by atoms with E-state index in [-0.39, 0.29) is 11.9 Å². The number of nitrogens with zero attached hydrogens (tertiary/aromatic N) is 1. The van der Waals surface area contributed by atoms with Crippen LogP contribution < -0.4 is 0 Å². The number of carbonyl (C=O) groups is 2. The summed E-state index contributed by atoms with van der Waals surface area (Å²) >= 11 is 0. The first-order valence-electron chi connectivity index (χ1n) is 7.77. The number of hydrogen-bond donors (Lipinski definition) is 0. The Morgan fingerprint density at radius 2 is 2.00 bits per heavy atom. The highest BCUT2D eigenvalue weighted by Gasteiger charge is 2.76. The molecule has 2 heterocycles. The van der Waals surface area contributed by atoms with Crippen LogP contribution in [0.15, 0.2) is 0 Å². The van der Waals surface area contributed by atoms with Gasteiger partial charge in [-0.25, -0.2) is 0 Å². The van der Waals surface area contributed by atoms with Gasteiger partial charge in [-0.15, -0.1) is 0 Å². The summed E-state index contributed by atoms with van der Waals surface area (Å²) in [5.74, 6) is 0.396. The standard InChI is InChI=1S/C16H25NO3/c1-11-6-5-9-17(10-11)12(18)16-8-7-15(4,13(19)20-16)14(16,2)3/h11H,5-10H2,1-4H3/t11-,15-,16-/m1/s1. The number of ether oxygens (including phenoxy) is 1. The minimum absolute atomic E-state index is 0.0450. The van der Waals surface area contributed by atoms with Crippen molar-refractivity contribution in [3.63, 3.8) is 0 Å². The van der Waals surface area contributed by atoms with E-state index in [4.69, 9.17) is 4.74 Å². The van der Waals surface area contributed by atoms with E-state index in [1.54, 1.807) is 0 Å². The number of amides is 1. The van der Waals surface area contributed by atoms with Crippen LogP contribution in [0.25, 0.3) is 0 Å². The van der Waals surface area contributed by atoms with Crippen LogP contribution in [0.3, 0.4) is 0 Å². The zero-order valence-electron chi connectivity index (χ0n) is 13.0. The molecule has 3 rings (SSSR count). The molecule has 3 fully saturated rings. The Bertz CT molecular complexity index is 472. The van der Waals surface area contributed by atoms with Gasteiger partial charge in [-0.2, -0.15) is 0 Å². The highest BCUT2D eigenvalue weighted by molar-refractivity contribution is 5.96. The quantitative estimate of drug-likeness (QED) is 0.692. The summed E-state index contributed by atoms with van der Waals surface area (Å²) < 4.78 is 5.69.